The first-order valence-corrected chi connectivity index (χ1v) is 8.77. The quantitative estimate of drug-likeness (QED) is 0.904. The van der Waals surface area contributed by atoms with Crippen LogP contribution in [0.25, 0.3) is 0 Å². The Kier molecular flexibility index (Phi) is 4.69. The molecule has 5 nitrogen and oxygen atoms in total. The van der Waals surface area contributed by atoms with Gasteiger partial charge in [-0.2, -0.15) is 13.2 Å². The molecule has 0 aliphatic carbocycles. The van der Waals surface area contributed by atoms with Crippen molar-refractivity contribution in [3.63, 3.8) is 0 Å². The van der Waals surface area contributed by atoms with E-state index in [1.807, 2.05) is 12.3 Å². The number of sulfonamides is 1. The van der Waals surface area contributed by atoms with E-state index < -0.39 is 26.7 Å². The van der Waals surface area contributed by atoms with Crippen LogP contribution in [0.5, 0.6) is 0 Å². The van der Waals surface area contributed by atoms with Gasteiger partial charge in [0.1, 0.15) is 5.01 Å². The van der Waals surface area contributed by atoms with Crippen molar-refractivity contribution in [2.75, 3.05) is 11.9 Å². The number of benzene rings is 1. The van der Waals surface area contributed by atoms with E-state index >= 15 is 0 Å². The van der Waals surface area contributed by atoms with Gasteiger partial charge in [0, 0.05) is 23.8 Å². The lowest BCUT2D eigenvalue weighted by molar-refractivity contribution is -0.139. The number of anilines is 1. The molecule has 2 N–H and O–H groups in total. The summed E-state index contributed by atoms with van der Waals surface area (Å²) >= 11 is 1.40. The van der Waals surface area contributed by atoms with Crippen LogP contribution in [0.2, 0.25) is 0 Å². The number of aromatic nitrogens is 1. The first-order valence-electron chi connectivity index (χ1n) is 6.34. The lowest BCUT2D eigenvalue weighted by atomic mass is 10.2. The summed E-state index contributed by atoms with van der Waals surface area (Å²) in [6.07, 6.45) is -4.82. The number of rotatable bonds is 4. The summed E-state index contributed by atoms with van der Waals surface area (Å²) in [4.78, 5) is 4.86. The van der Waals surface area contributed by atoms with Crippen molar-refractivity contribution < 1.29 is 21.6 Å². The van der Waals surface area contributed by atoms with Crippen LogP contribution < -0.4 is 10.0 Å². The molecule has 2 rings (SSSR count). The van der Waals surface area contributed by atoms with Crippen LogP contribution in [0, 0.1) is 6.92 Å². The predicted octanol–water partition coefficient (Wildman–Crippen LogP) is 2.75. The lowest BCUT2D eigenvalue weighted by Gasteiger charge is -2.20. The molecule has 0 unspecified atom stereocenters. The minimum absolute atomic E-state index is 0.220. The number of thiazole rings is 1. The Labute approximate surface area is 135 Å². The topological polar surface area (TPSA) is 76.3 Å². The second-order valence-corrected chi connectivity index (χ2v) is 7.43. The Morgan fingerprint density at radius 3 is 2.48 bits per heavy atom. The van der Waals surface area contributed by atoms with Crippen LogP contribution in [-0.4, -0.2) is 20.4 Å². The Hall–Kier alpha value is -1.65. The Bertz CT molecular complexity index is 816. The van der Waals surface area contributed by atoms with E-state index in [4.69, 9.17) is 5.14 Å². The molecule has 0 bridgehead atoms. The number of hydrogen-bond donors (Lipinski definition) is 1. The molecule has 0 radical (unpaired) electrons. The molecule has 0 saturated carbocycles. The molecule has 23 heavy (non-hydrogen) atoms. The van der Waals surface area contributed by atoms with Crippen molar-refractivity contribution in [3.8, 4) is 0 Å². The Morgan fingerprint density at radius 1 is 1.35 bits per heavy atom. The highest BCUT2D eigenvalue weighted by Gasteiger charge is 2.36. The van der Waals surface area contributed by atoms with Gasteiger partial charge < -0.3 is 4.90 Å². The molecular weight excluding hydrogens is 351 g/mol. The average Bonchev–Trinajstić information content (AvgIpc) is 2.81. The van der Waals surface area contributed by atoms with Crippen LogP contribution in [0.15, 0.2) is 28.5 Å². The maximum Gasteiger partial charge on any atom is 0.417 e. The fourth-order valence-corrected chi connectivity index (χ4v) is 3.56. The normalized spacial score (nSPS) is 12.4. The standard InChI is InChI=1S/C13H14F3N3O2S2/c1-8-7-22-12(18-8)6-19(2)9-3-4-11(23(17,20)21)10(5-9)13(14,15)16/h3-5,7H,6H2,1-2H3,(H2,17,20,21). The molecule has 0 atom stereocenters. The van der Waals surface area contributed by atoms with E-state index in [-0.39, 0.29) is 5.69 Å². The second kappa shape index (κ2) is 6.10. The Balaban J connectivity index is 2.41. The number of hydrogen-bond acceptors (Lipinski definition) is 5. The number of alkyl halides is 3. The number of primary sulfonamides is 1. The van der Waals surface area contributed by atoms with Crippen molar-refractivity contribution in [1.29, 1.82) is 0 Å². The molecule has 0 fully saturated rings. The van der Waals surface area contributed by atoms with Gasteiger partial charge in [0.25, 0.3) is 0 Å². The number of halogens is 3. The zero-order chi connectivity index (χ0) is 17.4. The third-order valence-electron chi connectivity index (χ3n) is 3.05. The van der Waals surface area contributed by atoms with Gasteiger partial charge in [-0.1, -0.05) is 0 Å². The lowest BCUT2D eigenvalue weighted by Crippen LogP contribution is -2.21. The van der Waals surface area contributed by atoms with Crippen molar-refractivity contribution in [2.24, 2.45) is 5.14 Å². The monoisotopic (exact) mass is 365 g/mol. The van der Waals surface area contributed by atoms with Crippen LogP contribution in [0.4, 0.5) is 18.9 Å². The predicted molar refractivity (Wildman–Crippen MR) is 81.8 cm³/mol. The molecule has 10 heteroatoms. The van der Waals surface area contributed by atoms with Gasteiger partial charge in [-0.25, -0.2) is 18.5 Å². The van der Waals surface area contributed by atoms with Gasteiger partial charge in [-0.3, -0.25) is 0 Å². The summed E-state index contributed by atoms with van der Waals surface area (Å²) in [7, 11) is -2.86. The molecule has 1 heterocycles. The van der Waals surface area contributed by atoms with Gasteiger partial charge in [-0.15, -0.1) is 11.3 Å². The highest BCUT2D eigenvalue weighted by atomic mass is 32.2. The maximum atomic E-state index is 13.1. The highest BCUT2D eigenvalue weighted by molar-refractivity contribution is 7.89. The zero-order valence-electron chi connectivity index (χ0n) is 12.3. The third kappa shape index (κ3) is 4.21. The minimum atomic E-state index is -4.82. The summed E-state index contributed by atoms with van der Waals surface area (Å²) < 4.78 is 62.0. The fraction of sp³-hybridized carbons (Fsp3) is 0.308. The van der Waals surface area contributed by atoms with Crippen molar-refractivity contribution in [3.05, 3.63) is 39.8 Å². The molecule has 0 aliphatic rings. The van der Waals surface area contributed by atoms with Gasteiger partial charge in [-0.05, 0) is 25.1 Å². The van der Waals surface area contributed by atoms with Gasteiger partial charge in [0.15, 0.2) is 0 Å². The van der Waals surface area contributed by atoms with Crippen molar-refractivity contribution >= 4 is 27.0 Å². The molecule has 2 aromatic rings. The third-order valence-corrected chi connectivity index (χ3v) is 4.98. The summed E-state index contributed by atoms with van der Waals surface area (Å²) in [6, 6.07) is 2.94. The minimum Gasteiger partial charge on any atom is -0.368 e. The number of nitrogens with two attached hydrogens (primary N) is 1. The maximum absolute atomic E-state index is 13.1. The van der Waals surface area contributed by atoms with Crippen LogP contribution in [-0.2, 0) is 22.7 Å². The van der Waals surface area contributed by atoms with E-state index in [0.717, 1.165) is 22.8 Å². The number of nitrogens with zero attached hydrogens (tertiary/aromatic N) is 2. The van der Waals surface area contributed by atoms with Crippen molar-refractivity contribution in [2.45, 2.75) is 24.5 Å². The summed E-state index contributed by atoms with van der Waals surface area (Å²) in [5.41, 5.74) is -0.226. The molecule has 126 valence electrons. The smallest absolute Gasteiger partial charge is 0.368 e. The van der Waals surface area contributed by atoms with E-state index in [1.165, 1.54) is 17.4 Å². The molecule has 0 amide bonds. The van der Waals surface area contributed by atoms with Gasteiger partial charge >= 0.3 is 6.18 Å². The summed E-state index contributed by atoms with van der Waals surface area (Å²) in [5.74, 6) is 0. The Morgan fingerprint density at radius 2 is 2.00 bits per heavy atom. The summed E-state index contributed by atoms with van der Waals surface area (Å²) in [5, 5.41) is 7.44. The second-order valence-electron chi connectivity index (χ2n) is 4.96. The van der Waals surface area contributed by atoms with Crippen molar-refractivity contribution in [1.82, 2.24) is 4.98 Å². The SMILES string of the molecule is Cc1csc(CN(C)c2ccc(S(N)(=O)=O)c(C(F)(F)F)c2)n1. The highest BCUT2D eigenvalue weighted by Crippen LogP contribution is 2.36. The largest absolute Gasteiger partial charge is 0.417 e. The first-order chi connectivity index (χ1) is 10.5. The average molecular weight is 365 g/mol. The molecule has 0 saturated heterocycles. The fourth-order valence-electron chi connectivity index (χ4n) is 1.99. The van der Waals surface area contributed by atoms with Gasteiger partial charge in [0.2, 0.25) is 10.0 Å². The first kappa shape index (κ1) is 17.7. The molecule has 0 aliphatic heterocycles. The van der Waals surface area contributed by atoms with Crippen LogP contribution in [0.1, 0.15) is 16.3 Å². The molecular formula is C13H14F3N3O2S2. The van der Waals surface area contributed by atoms with Crippen LogP contribution in [0.3, 0.4) is 0 Å². The van der Waals surface area contributed by atoms with E-state index in [9.17, 15) is 21.6 Å². The summed E-state index contributed by atoms with van der Waals surface area (Å²) in [6.45, 7) is 2.13. The van der Waals surface area contributed by atoms with Gasteiger partial charge in [0.05, 0.1) is 17.0 Å². The van der Waals surface area contributed by atoms with E-state index in [2.05, 4.69) is 4.98 Å². The number of aryl methyl sites for hydroxylation is 1. The van der Waals surface area contributed by atoms with E-state index in [0.29, 0.717) is 6.54 Å². The zero-order valence-corrected chi connectivity index (χ0v) is 13.9. The molecule has 1 aromatic carbocycles. The molecule has 1 aromatic heterocycles. The van der Waals surface area contributed by atoms with E-state index in [1.54, 1.807) is 11.9 Å². The van der Waals surface area contributed by atoms with Crippen LogP contribution >= 0.6 is 11.3 Å². The molecule has 0 spiro atoms.